The van der Waals surface area contributed by atoms with Crippen LogP contribution in [-0.2, 0) is 16.0 Å². The van der Waals surface area contributed by atoms with Crippen LogP contribution in [0.4, 0.5) is 20.7 Å². The summed E-state index contributed by atoms with van der Waals surface area (Å²) in [5, 5.41) is 8.04. The molecule has 0 bridgehead atoms. The van der Waals surface area contributed by atoms with E-state index < -0.39 is 5.82 Å². The van der Waals surface area contributed by atoms with Crippen molar-refractivity contribution >= 4 is 40.8 Å². The van der Waals surface area contributed by atoms with Crippen LogP contribution in [0.15, 0.2) is 60.9 Å². The van der Waals surface area contributed by atoms with Gasteiger partial charge in [0.2, 0.25) is 11.8 Å². The van der Waals surface area contributed by atoms with Crippen LogP contribution in [-0.4, -0.2) is 58.2 Å². The van der Waals surface area contributed by atoms with E-state index in [2.05, 4.69) is 25.9 Å². The number of anilines is 2. The van der Waals surface area contributed by atoms with Crippen LogP contribution in [0.1, 0.15) is 5.56 Å². The molecule has 1 aliphatic rings. The number of hydrogen-bond donors (Lipinski definition) is 3. The van der Waals surface area contributed by atoms with Crippen LogP contribution < -0.4 is 20.7 Å². The second-order valence-corrected chi connectivity index (χ2v) is 8.09. The van der Waals surface area contributed by atoms with E-state index in [1.54, 1.807) is 4.90 Å². The monoisotopic (exact) mass is 510 g/mol. The summed E-state index contributed by atoms with van der Waals surface area (Å²) < 4.78 is 25.4. The van der Waals surface area contributed by atoms with E-state index in [9.17, 15) is 14.0 Å². The van der Waals surface area contributed by atoms with Crippen molar-refractivity contribution in [2.75, 3.05) is 36.9 Å². The number of aromatic nitrogens is 2. The SMILES string of the molecule is O=C(Cc1ccccc1)NC(=S)Nc1ccc(Oc2cc(NC(=O)N3CCOCC3)ncn2)c(F)c1. The van der Waals surface area contributed by atoms with Crippen LogP contribution in [0.3, 0.4) is 0 Å². The van der Waals surface area contributed by atoms with Crippen molar-refractivity contribution in [1.29, 1.82) is 0 Å². The van der Waals surface area contributed by atoms with Gasteiger partial charge in [0.1, 0.15) is 12.1 Å². The molecular formula is C24H23FN6O4S. The van der Waals surface area contributed by atoms with Gasteiger partial charge in [-0.2, -0.15) is 0 Å². The summed E-state index contributed by atoms with van der Waals surface area (Å²) in [6, 6.07) is 14.4. The van der Waals surface area contributed by atoms with Gasteiger partial charge in [-0.15, -0.1) is 0 Å². The standard InChI is InChI=1S/C24H23FN6O4S/c25-18-13-17(28-23(36)30-21(32)12-16-4-2-1-3-5-16)6-7-19(18)35-22-14-20(26-15-27-22)29-24(33)31-8-10-34-11-9-31/h1-7,13-15H,8-12H2,(H,26,27,29,33)(H2,28,30,32,36). The lowest BCUT2D eigenvalue weighted by molar-refractivity contribution is -0.119. The van der Waals surface area contributed by atoms with Gasteiger partial charge in [0.15, 0.2) is 16.7 Å². The summed E-state index contributed by atoms with van der Waals surface area (Å²) in [5.74, 6) is -0.809. The Morgan fingerprint density at radius 3 is 2.58 bits per heavy atom. The van der Waals surface area contributed by atoms with Gasteiger partial charge in [-0.1, -0.05) is 30.3 Å². The minimum atomic E-state index is -0.684. The van der Waals surface area contributed by atoms with Crippen LogP contribution in [0.5, 0.6) is 11.6 Å². The Morgan fingerprint density at radius 2 is 1.83 bits per heavy atom. The first-order valence-corrected chi connectivity index (χ1v) is 11.4. The summed E-state index contributed by atoms with van der Waals surface area (Å²) in [6.45, 7) is 1.90. The first-order chi connectivity index (χ1) is 17.5. The predicted molar refractivity (Wildman–Crippen MR) is 134 cm³/mol. The molecule has 4 rings (SSSR count). The van der Waals surface area contributed by atoms with Crippen molar-refractivity contribution in [3.8, 4) is 11.6 Å². The van der Waals surface area contributed by atoms with Crippen LogP contribution >= 0.6 is 12.2 Å². The number of nitrogens with one attached hydrogen (secondary N) is 3. The third-order valence-electron chi connectivity index (χ3n) is 5.04. The zero-order valence-corrected chi connectivity index (χ0v) is 19.9. The van der Waals surface area contributed by atoms with E-state index in [1.807, 2.05) is 30.3 Å². The fraction of sp³-hybridized carbons (Fsp3) is 0.208. The normalized spacial score (nSPS) is 13.0. The maximum Gasteiger partial charge on any atom is 0.323 e. The number of carbonyl (C=O) groups excluding carboxylic acids is 2. The average Bonchev–Trinajstić information content (AvgIpc) is 2.87. The Hall–Kier alpha value is -4.16. The lowest BCUT2D eigenvalue weighted by Gasteiger charge is -2.26. The molecule has 1 fully saturated rings. The number of morpholine rings is 1. The molecule has 12 heteroatoms. The highest BCUT2D eigenvalue weighted by molar-refractivity contribution is 7.80. The molecule has 2 aromatic carbocycles. The summed E-state index contributed by atoms with van der Waals surface area (Å²) in [5.41, 5.74) is 1.17. The van der Waals surface area contributed by atoms with Gasteiger partial charge in [-0.3, -0.25) is 10.1 Å². The summed E-state index contributed by atoms with van der Waals surface area (Å²) in [7, 11) is 0. The van der Waals surface area contributed by atoms with Crippen LogP contribution in [0, 0.1) is 5.82 Å². The summed E-state index contributed by atoms with van der Waals surface area (Å²) >= 11 is 5.15. The van der Waals surface area contributed by atoms with Gasteiger partial charge in [0, 0.05) is 30.9 Å². The van der Waals surface area contributed by atoms with E-state index in [-0.39, 0.29) is 40.9 Å². The van der Waals surface area contributed by atoms with Gasteiger partial charge in [0.05, 0.1) is 19.6 Å². The zero-order valence-electron chi connectivity index (χ0n) is 19.1. The Balaban J connectivity index is 1.31. The Labute approximate surface area is 211 Å². The third-order valence-corrected chi connectivity index (χ3v) is 5.24. The van der Waals surface area contributed by atoms with E-state index in [0.29, 0.717) is 32.0 Å². The van der Waals surface area contributed by atoms with Crippen molar-refractivity contribution < 1.29 is 23.5 Å². The summed E-state index contributed by atoms with van der Waals surface area (Å²) in [6.07, 6.45) is 1.37. The van der Waals surface area contributed by atoms with E-state index in [0.717, 1.165) is 5.56 Å². The number of urea groups is 1. The third kappa shape index (κ3) is 7.17. The van der Waals surface area contributed by atoms with E-state index in [1.165, 1.54) is 30.6 Å². The number of amides is 3. The topological polar surface area (TPSA) is 118 Å². The van der Waals surface area contributed by atoms with Crippen LogP contribution in [0.25, 0.3) is 0 Å². The number of rotatable bonds is 6. The molecule has 0 radical (unpaired) electrons. The lowest BCUT2D eigenvalue weighted by atomic mass is 10.1. The Bertz CT molecular complexity index is 1240. The molecule has 3 amide bonds. The molecule has 0 spiro atoms. The van der Waals surface area contributed by atoms with Crippen molar-refractivity contribution in [1.82, 2.24) is 20.2 Å². The molecule has 10 nitrogen and oxygen atoms in total. The molecule has 0 unspecified atom stereocenters. The maximum absolute atomic E-state index is 14.7. The summed E-state index contributed by atoms with van der Waals surface area (Å²) in [4.78, 5) is 34.0. The number of thiocarbonyl (C=S) groups is 1. The molecule has 1 aromatic heterocycles. The minimum Gasteiger partial charge on any atom is -0.436 e. The second-order valence-electron chi connectivity index (χ2n) is 7.68. The van der Waals surface area contributed by atoms with Gasteiger partial charge >= 0.3 is 6.03 Å². The predicted octanol–water partition coefficient (Wildman–Crippen LogP) is 3.33. The van der Waals surface area contributed by atoms with Crippen LogP contribution in [0.2, 0.25) is 0 Å². The highest BCUT2D eigenvalue weighted by atomic mass is 32.1. The molecule has 3 aromatic rings. The van der Waals surface area contributed by atoms with E-state index >= 15 is 0 Å². The first kappa shape index (κ1) is 24.9. The fourth-order valence-electron chi connectivity index (χ4n) is 3.31. The molecular weight excluding hydrogens is 487 g/mol. The maximum atomic E-state index is 14.7. The number of ether oxygens (including phenoxy) is 2. The molecule has 3 N–H and O–H groups in total. The molecule has 0 saturated carbocycles. The van der Waals surface area contributed by atoms with Gasteiger partial charge in [0.25, 0.3) is 0 Å². The van der Waals surface area contributed by atoms with Crippen molar-refractivity contribution in [2.24, 2.45) is 0 Å². The fourth-order valence-corrected chi connectivity index (χ4v) is 3.54. The smallest absolute Gasteiger partial charge is 0.323 e. The molecule has 36 heavy (non-hydrogen) atoms. The average molecular weight is 511 g/mol. The number of benzene rings is 2. The molecule has 1 aliphatic heterocycles. The molecule has 0 atom stereocenters. The second kappa shape index (κ2) is 12.0. The molecule has 2 heterocycles. The lowest BCUT2D eigenvalue weighted by Crippen LogP contribution is -2.43. The van der Waals surface area contributed by atoms with Crippen molar-refractivity contribution in [2.45, 2.75) is 6.42 Å². The largest absolute Gasteiger partial charge is 0.436 e. The molecule has 186 valence electrons. The minimum absolute atomic E-state index is 0.0421. The van der Waals surface area contributed by atoms with Gasteiger partial charge in [-0.25, -0.2) is 19.2 Å². The van der Waals surface area contributed by atoms with Gasteiger partial charge < -0.3 is 25.0 Å². The number of carbonyl (C=O) groups is 2. The van der Waals surface area contributed by atoms with Gasteiger partial charge in [-0.05, 0) is 29.9 Å². The Morgan fingerprint density at radius 1 is 1.06 bits per heavy atom. The van der Waals surface area contributed by atoms with Crippen molar-refractivity contribution in [3.63, 3.8) is 0 Å². The first-order valence-electron chi connectivity index (χ1n) is 11.0. The number of halogens is 1. The number of hydrogen-bond acceptors (Lipinski definition) is 7. The van der Waals surface area contributed by atoms with Crippen molar-refractivity contribution in [3.05, 3.63) is 72.3 Å². The van der Waals surface area contributed by atoms with E-state index in [4.69, 9.17) is 21.7 Å². The molecule has 0 aliphatic carbocycles. The highest BCUT2D eigenvalue weighted by Gasteiger charge is 2.18. The highest BCUT2D eigenvalue weighted by Crippen LogP contribution is 2.26. The number of nitrogens with zero attached hydrogens (tertiary/aromatic N) is 3. The Kier molecular flexibility index (Phi) is 8.32. The quantitative estimate of drug-likeness (QED) is 0.433. The zero-order chi connectivity index (χ0) is 25.3. The molecule has 1 saturated heterocycles.